The van der Waals surface area contributed by atoms with Gasteiger partial charge in [-0.15, -0.1) is 0 Å². The van der Waals surface area contributed by atoms with Crippen LogP contribution in [0.4, 0.5) is 0 Å². The van der Waals surface area contributed by atoms with Crippen LogP contribution in [0.25, 0.3) is 22.3 Å². The smallest absolute Gasteiger partial charge is 0.255 e. The highest BCUT2D eigenvalue weighted by Crippen LogP contribution is 2.48. The second-order valence-electron chi connectivity index (χ2n) is 8.57. The summed E-state index contributed by atoms with van der Waals surface area (Å²) in [6, 6.07) is 3.92. The quantitative estimate of drug-likeness (QED) is 0.546. The third kappa shape index (κ3) is 3.52. The molecular formula is C23H25N5O4. The van der Waals surface area contributed by atoms with Crippen molar-refractivity contribution in [1.82, 2.24) is 25.6 Å². The Kier molecular flexibility index (Phi) is 4.83. The van der Waals surface area contributed by atoms with Crippen LogP contribution in [0.2, 0.25) is 0 Å². The normalized spacial score (nSPS) is 18.1. The molecule has 4 heterocycles. The van der Waals surface area contributed by atoms with E-state index in [9.17, 15) is 4.79 Å². The molecule has 1 aromatic carbocycles. The van der Waals surface area contributed by atoms with E-state index in [-0.39, 0.29) is 18.7 Å². The second kappa shape index (κ2) is 7.98. The molecule has 9 heteroatoms. The summed E-state index contributed by atoms with van der Waals surface area (Å²) >= 11 is 0. The molecule has 32 heavy (non-hydrogen) atoms. The number of H-pyrrole nitrogens is 1. The lowest BCUT2D eigenvalue weighted by atomic mass is 10.1. The summed E-state index contributed by atoms with van der Waals surface area (Å²) in [5, 5.41) is 6.45. The summed E-state index contributed by atoms with van der Waals surface area (Å²) in [5.74, 6) is 2.43. The Hall–Kier alpha value is -3.33. The summed E-state index contributed by atoms with van der Waals surface area (Å²) in [7, 11) is 0. The second-order valence-corrected chi connectivity index (χ2v) is 8.57. The zero-order valence-corrected chi connectivity index (χ0v) is 17.6. The average Bonchev–Trinajstić information content (AvgIpc) is 3.34. The van der Waals surface area contributed by atoms with Crippen molar-refractivity contribution >= 4 is 16.9 Å². The number of amides is 1. The lowest BCUT2D eigenvalue weighted by Crippen LogP contribution is -2.42. The minimum absolute atomic E-state index is 0.129. The van der Waals surface area contributed by atoms with Gasteiger partial charge in [0.25, 0.3) is 5.91 Å². The molecule has 1 saturated carbocycles. The third-order valence-corrected chi connectivity index (χ3v) is 6.29. The van der Waals surface area contributed by atoms with Crippen molar-refractivity contribution in [1.29, 1.82) is 0 Å². The fourth-order valence-electron chi connectivity index (χ4n) is 4.32. The Morgan fingerprint density at radius 3 is 2.88 bits per heavy atom. The topological polar surface area (TPSA) is 110 Å². The Labute approximate surface area is 184 Å². The van der Waals surface area contributed by atoms with Crippen LogP contribution in [-0.2, 0) is 0 Å². The number of fused-ring (bicyclic) bond motifs is 2. The number of carbonyl (C=O) groups is 1. The molecule has 0 bridgehead atoms. The summed E-state index contributed by atoms with van der Waals surface area (Å²) in [6.07, 6.45) is 7.41. The molecule has 1 aliphatic carbocycles. The zero-order chi connectivity index (χ0) is 21.5. The SMILES string of the molecule is O=C(NC1CCNCC1)c1c[nH]c2c(-c3c(OCC4CC4)ccc4c3OCO4)ncnc12. The largest absolute Gasteiger partial charge is 0.492 e. The molecule has 0 atom stereocenters. The van der Waals surface area contributed by atoms with Gasteiger partial charge in [-0.25, -0.2) is 9.97 Å². The van der Waals surface area contributed by atoms with Crippen molar-refractivity contribution in [3.63, 3.8) is 0 Å². The van der Waals surface area contributed by atoms with Crippen LogP contribution in [0.1, 0.15) is 36.0 Å². The molecule has 2 fully saturated rings. The van der Waals surface area contributed by atoms with E-state index in [2.05, 4.69) is 25.6 Å². The van der Waals surface area contributed by atoms with E-state index in [1.807, 2.05) is 12.1 Å². The van der Waals surface area contributed by atoms with Gasteiger partial charge in [-0.2, -0.15) is 0 Å². The highest BCUT2D eigenvalue weighted by atomic mass is 16.7. The first-order valence-corrected chi connectivity index (χ1v) is 11.2. The van der Waals surface area contributed by atoms with Crippen molar-refractivity contribution in [3.05, 3.63) is 30.2 Å². The molecular weight excluding hydrogens is 410 g/mol. The van der Waals surface area contributed by atoms with Crippen molar-refractivity contribution in [3.8, 4) is 28.5 Å². The summed E-state index contributed by atoms with van der Waals surface area (Å²) < 4.78 is 17.5. The highest BCUT2D eigenvalue weighted by Gasteiger charge is 2.29. The Balaban J connectivity index is 1.38. The zero-order valence-electron chi connectivity index (χ0n) is 17.6. The molecule has 0 spiro atoms. The number of nitrogens with one attached hydrogen (secondary N) is 3. The highest BCUT2D eigenvalue weighted by molar-refractivity contribution is 6.08. The van der Waals surface area contributed by atoms with Gasteiger partial charge >= 0.3 is 0 Å². The molecule has 3 N–H and O–H groups in total. The fraction of sp³-hybridized carbons (Fsp3) is 0.435. The number of benzene rings is 1. The molecule has 3 aliphatic rings. The lowest BCUT2D eigenvalue weighted by Gasteiger charge is -2.23. The van der Waals surface area contributed by atoms with Crippen molar-refractivity contribution in [2.45, 2.75) is 31.7 Å². The first-order chi connectivity index (χ1) is 15.8. The molecule has 1 amide bonds. The number of nitrogens with zero attached hydrogens (tertiary/aromatic N) is 2. The van der Waals surface area contributed by atoms with Gasteiger partial charge in [-0.05, 0) is 56.8 Å². The minimum atomic E-state index is -0.129. The van der Waals surface area contributed by atoms with Crippen molar-refractivity contribution in [2.75, 3.05) is 26.5 Å². The number of aromatic nitrogens is 3. The molecule has 0 radical (unpaired) electrons. The Bertz CT molecular complexity index is 1170. The van der Waals surface area contributed by atoms with Crippen LogP contribution in [0.5, 0.6) is 17.2 Å². The van der Waals surface area contributed by atoms with Gasteiger partial charge in [-0.1, -0.05) is 0 Å². The molecule has 6 rings (SSSR count). The number of carbonyl (C=O) groups excluding carboxylic acids is 1. The van der Waals surface area contributed by atoms with Gasteiger partial charge < -0.3 is 29.8 Å². The molecule has 166 valence electrons. The van der Waals surface area contributed by atoms with Gasteiger partial charge in [-0.3, -0.25) is 4.79 Å². The Morgan fingerprint density at radius 2 is 2.03 bits per heavy atom. The van der Waals surface area contributed by atoms with E-state index in [4.69, 9.17) is 14.2 Å². The van der Waals surface area contributed by atoms with Crippen LogP contribution in [-0.4, -0.2) is 53.4 Å². The minimum Gasteiger partial charge on any atom is -0.492 e. The van der Waals surface area contributed by atoms with Crippen LogP contribution in [0, 0.1) is 5.92 Å². The van der Waals surface area contributed by atoms with Crippen LogP contribution >= 0.6 is 0 Å². The number of piperidine rings is 1. The van der Waals surface area contributed by atoms with Gasteiger partial charge in [0.2, 0.25) is 6.79 Å². The third-order valence-electron chi connectivity index (χ3n) is 6.29. The number of hydrogen-bond acceptors (Lipinski definition) is 7. The van der Waals surface area contributed by atoms with E-state index >= 15 is 0 Å². The number of rotatable bonds is 6. The molecule has 9 nitrogen and oxygen atoms in total. The Morgan fingerprint density at radius 1 is 1.16 bits per heavy atom. The maximum Gasteiger partial charge on any atom is 0.255 e. The van der Waals surface area contributed by atoms with Crippen LogP contribution < -0.4 is 24.8 Å². The summed E-state index contributed by atoms with van der Waals surface area (Å²) in [6.45, 7) is 2.64. The van der Waals surface area contributed by atoms with Gasteiger partial charge in [0.15, 0.2) is 11.5 Å². The van der Waals surface area contributed by atoms with Crippen molar-refractivity contribution in [2.24, 2.45) is 5.92 Å². The van der Waals surface area contributed by atoms with Crippen LogP contribution in [0.15, 0.2) is 24.7 Å². The summed E-state index contributed by atoms with van der Waals surface area (Å²) in [5.41, 5.74) is 3.10. The predicted octanol–water partition coefficient (Wildman–Crippen LogP) is 2.62. The molecule has 1 saturated heterocycles. The predicted molar refractivity (Wildman–Crippen MR) is 117 cm³/mol. The first-order valence-electron chi connectivity index (χ1n) is 11.2. The molecule has 2 aromatic heterocycles. The fourth-order valence-corrected chi connectivity index (χ4v) is 4.32. The summed E-state index contributed by atoms with van der Waals surface area (Å²) in [4.78, 5) is 25.2. The van der Waals surface area contributed by atoms with E-state index in [1.165, 1.54) is 19.2 Å². The average molecular weight is 435 g/mol. The molecule has 2 aliphatic heterocycles. The van der Waals surface area contributed by atoms with Gasteiger partial charge in [0.1, 0.15) is 23.3 Å². The van der Waals surface area contributed by atoms with Gasteiger partial charge in [0, 0.05) is 12.2 Å². The van der Waals surface area contributed by atoms with Crippen molar-refractivity contribution < 1.29 is 19.0 Å². The monoisotopic (exact) mass is 435 g/mol. The lowest BCUT2D eigenvalue weighted by molar-refractivity contribution is 0.0931. The van der Waals surface area contributed by atoms with E-state index in [0.29, 0.717) is 52.1 Å². The molecule has 3 aromatic rings. The maximum absolute atomic E-state index is 13.0. The number of ether oxygens (including phenoxy) is 3. The van der Waals surface area contributed by atoms with Gasteiger partial charge in [0.05, 0.1) is 23.3 Å². The van der Waals surface area contributed by atoms with Crippen LogP contribution in [0.3, 0.4) is 0 Å². The first kappa shape index (κ1) is 19.4. The number of aromatic amines is 1. The van der Waals surface area contributed by atoms with E-state index in [1.54, 1.807) is 6.20 Å². The van der Waals surface area contributed by atoms with E-state index in [0.717, 1.165) is 31.5 Å². The molecule has 0 unspecified atom stereocenters. The number of hydrogen-bond donors (Lipinski definition) is 3. The standard InChI is InChI=1S/C23H25N5O4/c29-23(28-14-5-7-24-8-6-14)15-9-25-21-19(15)26-11-27-20(21)18-16(30-10-13-1-2-13)3-4-17-22(18)32-12-31-17/h3-4,9,11,13-14,24-25H,1-2,5-8,10,12H2,(H,28,29). The maximum atomic E-state index is 13.0. The van der Waals surface area contributed by atoms with E-state index < -0.39 is 0 Å².